The molecule has 22 heavy (non-hydrogen) atoms. The molecule has 2 aromatic heterocycles. The van der Waals surface area contributed by atoms with E-state index in [0.29, 0.717) is 27.8 Å². The Hall–Kier alpha value is -1.92. The van der Waals surface area contributed by atoms with Crippen molar-refractivity contribution in [3.63, 3.8) is 0 Å². The molecule has 0 radical (unpaired) electrons. The van der Waals surface area contributed by atoms with E-state index in [1.54, 1.807) is 10.8 Å². The Kier molecular flexibility index (Phi) is 4.13. The quantitative estimate of drug-likeness (QED) is 0.559. The Balaban J connectivity index is 2.00. The number of nitrogens with two attached hydrogens (primary N) is 1. The smallest absolute Gasteiger partial charge is 0.302 e. The van der Waals surface area contributed by atoms with Crippen LogP contribution in [0.25, 0.3) is 22.7 Å². The van der Waals surface area contributed by atoms with Crippen molar-refractivity contribution < 1.29 is 9.09 Å². The SMILES string of the molecule is C[n+]1cc(Br)nc(-c2cc(-c3ccc(CCl)cc3)no2)c1N. The summed E-state index contributed by atoms with van der Waals surface area (Å²) in [6, 6.07) is 9.65. The van der Waals surface area contributed by atoms with E-state index < -0.39 is 0 Å². The zero-order valence-corrected chi connectivity index (χ0v) is 14.1. The molecule has 0 fully saturated rings. The van der Waals surface area contributed by atoms with Crippen LogP contribution >= 0.6 is 27.5 Å². The van der Waals surface area contributed by atoms with Crippen LogP contribution in [0.15, 0.2) is 45.7 Å². The highest BCUT2D eigenvalue weighted by molar-refractivity contribution is 9.10. The molecule has 0 bridgehead atoms. The second kappa shape index (κ2) is 6.06. The Labute approximate surface area is 140 Å². The lowest BCUT2D eigenvalue weighted by Crippen LogP contribution is -2.33. The highest BCUT2D eigenvalue weighted by atomic mass is 79.9. The lowest BCUT2D eigenvalue weighted by molar-refractivity contribution is -0.657. The molecule has 3 rings (SSSR count). The van der Waals surface area contributed by atoms with Crippen LogP contribution in [-0.4, -0.2) is 10.1 Å². The van der Waals surface area contributed by atoms with E-state index in [1.807, 2.05) is 37.4 Å². The highest BCUT2D eigenvalue weighted by Gasteiger charge is 2.19. The fourth-order valence-electron chi connectivity index (χ4n) is 2.06. The molecule has 5 nitrogen and oxygen atoms in total. The van der Waals surface area contributed by atoms with Crippen molar-refractivity contribution in [1.29, 1.82) is 0 Å². The van der Waals surface area contributed by atoms with E-state index in [-0.39, 0.29) is 0 Å². The second-order valence-corrected chi connectivity index (χ2v) is 5.90. The van der Waals surface area contributed by atoms with Gasteiger partial charge in [0.1, 0.15) is 16.5 Å². The van der Waals surface area contributed by atoms with Gasteiger partial charge in [-0.2, -0.15) is 0 Å². The first-order valence-corrected chi connectivity index (χ1v) is 7.85. The van der Waals surface area contributed by atoms with Crippen molar-refractivity contribution in [2.24, 2.45) is 7.05 Å². The molecule has 2 N–H and O–H groups in total. The summed E-state index contributed by atoms with van der Waals surface area (Å²) in [4.78, 5) is 4.36. The van der Waals surface area contributed by atoms with E-state index in [2.05, 4.69) is 26.1 Å². The van der Waals surface area contributed by atoms with Crippen LogP contribution in [0.4, 0.5) is 5.82 Å². The van der Waals surface area contributed by atoms with Gasteiger partial charge >= 0.3 is 5.82 Å². The van der Waals surface area contributed by atoms with Crippen LogP contribution in [0, 0.1) is 0 Å². The van der Waals surface area contributed by atoms with E-state index in [1.165, 1.54) is 0 Å². The average molecular weight is 381 g/mol. The molecule has 3 aromatic rings. The Bertz CT molecular complexity index is 817. The van der Waals surface area contributed by atoms with Crippen LogP contribution in [0.2, 0.25) is 0 Å². The van der Waals surface area contributed by atoms with Gasteiger partial charge in [0.05, 0.1) is 7.05 Å². The third-order valence-electron chi connectivity index (χ3n) is 3.29. The molecule has 112 valence electrons. The molecule has 0 aliphatic rings. The summed E-state index contributed by atoms with van der Waals surface area (Å²) in [7, 11) is 1.84. The fourth-order valence-corrected chi connectivity index (χ4v) is 2.72. The average Bonchev–Trinajstić information content (AvgIpc) is 3.00. The standard InChI is InChI=1S/C15H12BrClN4O/c1-21-8-13(16)19-14(15(21)18)12-6-11(20-22-12)10-4-2-9(7-17)3-5-10/h2-6,8,18H,7H2,1H3/p+1. The van der Waals surface area contributed by atoms with Crippen molar-refractivity contribution in [2.45, 2.75) is 5.88 Å². The van der Waals surface area contributed by atoms with E-state index >= 15 is 0 Å². The third-order valence-corrected chi connectivity index (χ3v) is 3.98. The van der Waals surface area contributed by atoms with Gasteiger partial charge in [0.2, 0.25) is 0 Å². The molecule has 7 heteroatoms. The van der Waals surface area contributed by atoms with Gasteiger partial charge in [0, 0.05) is 17.5 Å². The number of hydrogen-bond acceptors (Lipinski definition) is 4. The molecule has 0 unspecified atom stereocenters. The predicted octanol–water partition coefficient (Wildman–Crippen LogP) is 3.31. The number of aryl methyl sites for hydroxylation is 1. The highest BCUT2D eigenvalue weighted by Crippen LogP contribution is 2.28. The molecule has 2 heterocycles. The first-order valence-electron chi connectivity index (χ1n) is 6.52. The van der Waals surface area contributed by atoms with Gasteiger partial charge in [0.15, 0.2) is 11.5 Å². The van der Waals surface area contributed by atoms with E-state index in [9.17, 15) is 0 Å². The maximum atomic E-state index is 6.05. The van der Waals surface area contributed by atoms with Crippen molar-refractivity contribution in [1.82, 2.24) is 10.1 Å². The molecule has 0 amide bonds. The van der Waals surface area contributed by atoms with Crippen LogP contribution in [-0.2, 0) is 12.9 Å². The van der Waals surface area contributed by atoms with Gasteiger partial charge < -0.3 is 4.52 Å². The third kappa shape index (κ3) is 2.84. The van der Waals surface area contributed by atoms with Crippen molar-refractivity contribution in [3.05, 3.63) is 46.7 Å². The van der Waals surface area contributed by atoms with Gasteiger partial charge in [-0.1, -0.05) is 29.4 Å². The molecule has 0 aliphatic heterocycles. The molecule has 0 saturated heterocycles. The Morgan fingerprint density at radius 3 is 2.73 bits per heavy atom. The number of rotatable bonds is 3. The molecular formula is C15H13BrClN4O+. The molecular weight excluding hydrogens is 368 g/mol. The summed E-state index contributed by atoms with van der Waals surface area (Å²) >= 11 is 9.14. The van der Waals surface area contributed by atoms with E-state index in [4.69, 9.17) is 21.9 Å². The minimum absolute atomic E-state index is 0.485. The van der Waals surface area contributed by atoms with Gasteiger partial charge in [-0.05, 0) is 21.5 Å². The number of halogens is 2. The minimum atomic E-state index is 0.485. The molecule has 0 spiro atoms. The van der Waals surface area contributed by atoms with E-state index in [0.717, 1.165) is 16.8 Å². The topological polar surface area (TPSA) is 68.8 Å². The predicted molar refractivity (Wildman–Crippen MR) is 88.0 cm³/mol. The largest absolute Gasteiger partial charge is 0.354 e. The normalized spacial score (nSPS) is 10.9. The van der Waals surface area contributed by atoms with Crippen LogP contribution < -0.4 is 10.3 Å². The molecule has 0 saturated carbocycles. The molecule has 0 aliphatic carbocycles. The number of nitrogens with zero attached hydrogens (tertiary/aromatic N) is 3. The number of hydrogen-bond donors (Lipinski definition) is 1. The summed E-state index contributed by atoms with van der Waals surface area (Å²) in [5.41, 5.74) is 9.32. The number of anilines is 1. The lowest BCUT2D eigenvalue weighted by atomic mass is 10.1. The van der Waals surface area contributed by atoms with Gasteiger partial charge in [0.25, 0.3) is 0 Å². The number of benzene rings is 1. The number of aromatic nitrogens is 3. The maximum Gasteiger partial charge on any atom is 0.302 e. The van der Waals surface area contributed by atoms with Crippen molar-refractivity contribution in [2.75, 3.05) is 5.73 Å². The Morgan fingerprint density at radius 1 is 1.32 bits per heavy atom. The van der Waals surface area contributed by atoms with Crippen LogP contribution in [0.5, 0.6) is 0 Å². The first-order chi connectivity index (χ1) is 10.6. The monoisotopic (exact) mass is 379 g/mol. The van der Waals surface area contributed by atoms with Gasteiger partial charge in [-0.15, -0.1) is 11.6 Å². The number of nitrogen functional groups attached to an aromatic ring is 1. The van der Waals surface area contributed by atoms with Crippen molar-refractivity contribution >= 4 is 33.3 Å². The van der Waals surface area contributed by atoms with Gasteiger partial charge in [-0.25, -0.2) is 9.55 Å². The van der Waals surface area contributed by atoms with Gasteiger partial charge in [-0.3, -0.25) is 5.73 Å². The number of alkyl halides is 1. The first kappa shape index (κ1) is 15.0. The lowest BCUT2D eigenvalue weighted by Gasteiger charge is -2.00. The zero-order chi connectivity index (χ0) is 15.7. The molecule has 0 atom stereocenters. The summed E-state index contributed by atoms with van der Waals surface area (Å²) < 4.78 is 7.84. The van der Waals surface area contributed by atoms with Crippen LogP contribution in [0.1, 0.15) is 5.56 Å². The summed E-state index contributed by atoms with van der Waals surface area (Å²) in [6.45, 7) is 0. The van der Waals surface area contributed by atoms with Crippen molar-refractivity contribution in [3.8, 4) is 22.7 Å². The minimum Gasteiger partial charge on any atom is -0.354 e. The zero-order valence-electron chi connectivity index (χ0n) is 11.8. The fraction of sp³-hybridized carbons (Fsp3) is 0.133. The maximum absolute atomic E-state index is 6.05. The molecule has 1 aromatic carbocycles. The summed E-state index contributed by atoms with van der Waals surface area (Å²) in [5, 5.41) is 4.09. The summed E-state index contributed by atoms with van der Waals surface area (Å²) in [6.07, 6.45) is 1.78. The van der Waals surface area contributed by atoms with Crippen LogP contribution in [0.3, 0.4) is 0 Å². The Morgan fingerprint density at radius 2 is 2.05 bits per heavy atom. The summed E-state index contributed by atoms with van der Waals surface area (Å²) in [5.74, 6) is 1.51. The second-order valence-electron chi connectivity index (χ2n) is 4.82.